The van der Waals surface area contributed by atoms with Crippen molar-refractivity contribution in [2.75, 3.05) is 0 Å². The summed E-state index contributed by atoms with van der Waals surface area (Å²) in [6.07, 6.45) is 1.00. The Morgan fingerprint density at radius 3 is 2.68 bits per heavy atom. The number of benzene rings is 2. The Hall–Kier alpha value is -3.33. The first-order valence-electron chi connectivity index (χ1n) is 6.86. The van der Waals surface area contributed by atoms with Gasteiger partial charge in [0.15, 0.2) is 5.58 Å². The van der Waals surface area contributed by atoms with Crippen LogP contribution in [0.4, 0.5) is 5.69 Å². The van der Waals surface area contributed by atoms with E-state index >= 15 is 0 Å². The van der Waals surface area contributed by atoms with Gasteiger partial charge in [-0.25, -0.2) is 4.98 Å². The molecule has 0 fully saturated rings. The van der Waals surface area contributed by atoms with Crippen molar-refractivity contribution in [2.24, 2.45) is 0 Å². The average molecular weight is 356 g/mol. The molecule has 25 heavy (non-hydrogen) atoms. The summed E-state index contributed by atoms with van der Waals surface area (Å²) in [7, 11) is 0. The molecule has 0 bridgehead atoms. The molecule has 0 saturated heterocycles. The van der Waals surface area contributed by atoms with Gasteiger partial charge in [0.1, 0.15) is 5.52 Å². The maximum absolute atomic E-state index is 11.8. The maximum atomic E-state index is 11.8. The van der Waals surface area contributed by atoms with Gasteiger partial charge >= 0.3 is 0 Å². The number of rotatable bonds is 5. The van der Waals surface area contributed by atoms with E-state index in [9.17, 15) is 25.1 Å². The molecule has 0 amide bonds. The highest BCUT2D eigenvalue weighted by molar-refractivity contribution is 8.03. The Kier molecular flexibility index (Phi) is 4.40. The lowest BCUT2D eigenvalue weighted by Gasteiger charge is -2.12. The molecule has 0 atom stereocenters. The van der Waals surface area contributed by atoms with Crippen LogP contribution in [0.1, 0.15) is 5.56 Å². The Morgan fingerprint density at radius 1 is 1.24 bits per heavy atom. The van der Waals surface area contributed by atoms with E-state index in [1.165, 1.54) is 0 Å². The summed E-state index contributed by atoms with van der Waals surface area (Å²) >= 11 is 0.653. The fourth-order valence-corrected chi connectivity index (χ4v) is 2.76. The van der Waals surface area contributed by atoms with E-state index in [4.69, 9.17) is 4.42 Å². The molecule has 0 N–H and O–H groups in total. The van der Waals surface area contributed by atoms with Crippen LogP contribution in [0.3, 0.4) is 0 Å². The van der Waals surface area contributed by atoms with E-state index in [-0.39, 0.29) is 21.4 Å². The molecule has 0 aliphatic heterocycles. The van der Waals surface area contributed by atoms with Crippen molar-refractivity contribution in [3.63, 3.8) is 0 Å². The molecular weight excluding hydrogens is 348 g/mol. The number of carbonyl (C=O) groups is 1. The first kappa shape index (κ1) is 16.5. The van der Waals surface area contributed by atoms with Gasteiger partial charge in [-0.1, -0.05) is 18.2 Å². The third-order valence-corrected chi connectivity index (χ3v) is 4.02. The van der Waals surface area contributed by atoms with Crippen molar-refractivity contribution in [3.05, 3.63) is 63.0 Å². The number of fused-ring (bicyclic) bond motifs is 1. The molecule has 1 heterocycles. The van der Waals surface area contributed by atoms with Crippen LogP contribution in [-0.4, -0.2) is 15.9 Å². The first-order chi connectivity index (χ1) is 11.9. The second-order valence-corrected chi connectivity index (χ2v) is 5.82. The SMILES string of the molecule is O=C([O-])/C(=C/c1cc([N+](=O)[O-])ccc1[O-])Sc1nc2ccccc2o1. The highest BCUT2D eigenvalue weighted by atomic mass is 32.2. The molecular formula is C16H8N2O6S-2. The molecule has 3 rings (SSSR count). The van der Waals surface area contributed by atoms with E-state index in [2.05, 4.69) is 4.98 Å². The van der Waals surface area contributed by atoms with Crippen LogP contribution in [0.25, 0.3) is 17.2 Å². The highest BCUT2D eigenvalue weighted by Crippen LogP contribution is 2.32. The molecule has 9 heteroatoms. The Morgan fingerprint density at radius 2 is 2.00 bits per heavy atom. The largest absolute Gasteiger partial charge is 0.872 e. The second kappa shape index (κ2) is 6.65. The number of para-hydroxylation sites is 2. The fraction of sp³-hybridized carbons (Fsp3) is 0. The number of aliphatic carboxylic acids is 1. The predicted octanol–water partition coefficient (Wildman–Crippen LogP) is 1.69. The number of thioether (sulfide) groups is 1. The van der Waals surface area contributed by atoms with Gasteiger partial charge in [0.05, 0.1) is 10.9 Å². The number of hydrogen-bond acceptors (Lipinski definition) is 8. The van der Waals surface area contributed by atoms with Gasteiger partial charge < -0.3 is 19.4 Å². The zero-order chi connectivity index (χ0) is 18.0. The number of carbonyl (C=O) groups excluding carboxylic acids is 1. The van der Waals surface area contributed by atoms with E-state index in [1.54, 1.807) is 24.3 Å². The number of nitro groups is 1. The monoisotopic (exact) mass is 356 g/mol. The van der Waals surface area contributed by atoms with Crippen molar-refractivity contribution in [3.8, 4) is 5.75 Å². The molecule has 0 unspecified atom stereocenters. The van der Waals surface area contributed by atoms with Crippen LogP contribution in [-0.2, 0) is 4.79 Å². The summed E-state index contributed by atoms with van der Waals surface area (Å²) in [6.45, 7) is 0. The number of nitrogens with zero attached hydrogens (tertiary/aromatic N) is 2. The molecule has 126 valence electrons. The first-order valence-corrected chi connectivity index (χ1v) is 7.67. The summed E-state index contributed by atoms with van der Waals surface area (Å²) in [5, 5.41) is 34.0. The molecule has 8 nitrogen and oxygen atoms in total. The summed E-state index contributed by atoms with van der Waals surface area (Å²) in [5.41, 5.74) is 0.553. The Labute approximate surface area is 144 Å². The standard InChI is InChI=1S/C16H10N2O6S/c19-12-6-5-10(18(22)23)7-9(12)8-14(15(20)21)25-16-17-11-3-1-2-4-13(11)24-16/h1-8,19H,(H,20,21)/p-2/b14-8-. The minimum Gasteiger partial charge on any atom is -0.872 e. The van der Waals surface area contributed by atoms with Crippen molar-refractivity contribution >= 4 is 40.6 Å². The number of aromatic nitrogens is 1. The Balaban J connectivity index is 1.98. The highest BCUT2D eigenvalue weighted by Gasteiger charge is 2.12. The molecule has 0 radical (unpaired) electrons. The van der Waals surface area contributed by atoms with Crippen LogP contribution >= 0.6 is 11.8 Å². The van der Waals surface area contributed by atoms with Crippen LogP contribution in [0.5, 0.6) is 5.75 Å². The smallest absolute Gasteiger partial charge is 0.269 e. The van der Waals surface area contributed by atoms with E-state index in [0.29, 0.717) is 22.9 Å². The summed E-state index contributed by atoms with van der Waals surface area (Å²) in [4.78, 5) is 25.2. The molecule has 3 aromatic rings. The lowest BCUT2D eigenvalue weighted by molar-refractivity contribution is -0.385. The summed E-state index contributed by atoms with van der Waals surface area (Å²) < 4.78 is 5.41. The molecule has 0 aliphatic rings. The minimum absolute atomic E-state index is 0.0505. The number of oxazole rings is 1. The number of nitro benzene ring substituents is 1. The maximum Gasteiger partial charge on any atom is 0.269 e. The summed E-state index contributed by atoms with van der Waals surface area (Å²) in [6, 6.07) is 9.91. The number of carboxylic acids is 1. The fourth-order valence-electron chi connectivity index (χ4n) is 2.02. The predicted molar refractivity (Wildman–Crippen MR) is 85.4 cm³/mol. The average Bonchev–Trinajstić information content (AvgIpc) is 2.98. The number of carboxylic acid groups (broad SMARTS) is 1. The van der Waals surface area contributed by atoms with Crippen molar-refractivity contribution in [1.82, 2.24) is 4.98 Å². The lowest BCUT2D eigenvalue weighted by Crippen LogP contribution is -2.23. The summed E-state index contributed by atoms with van der Waals surface area (Å²) in [5.74, 6) is -2.11. The molecule has 1 aromatic heterocycles. The zero-order valence-electron chi connectivity index (χ0n) is 12.4. The van der Waals surface area contributed by atoms with E-state index in [0.717, 1.165) is 24.3 Å². The normalized spacial score (nSPS) is 11.6. The van der Waals surface area contributed by atoms with Gasteiger partial charge in [0, 0.05) is 17.0 Å². The number of hydrogen-bond donors (Lipinski definition) is 0. The van der Waals surface area contributed by atoms with Gasteiger partial charge in [-0.2, -0.15) is 0 Å². The van der Waals surface area contributed by atoms with Gasteiger partial charge in [0.25, 0.3) is 10.9 Å². The van der Waals surface area contributed by atoms with E-state index in [1.807, 2.05) is 0 Å². The topological polar surface area (TPSA) is 132 Å². The van der Waals surface area contributed by atoms with Crippen molar-refractivity contribution in [2.45, 2.75) is 5.22 Å². The third kappa shape index (κ3) is 3.61. The molecule has 2 aromatic carbocycles. The van der Waals surface area contributed by atoms with Crippen molar-refractivity contribution < 1.29 is 24.3 Å². The van der Waals surface area contributed by atoms with E-state index < -0.39 is 16.6 Å². The number of non-ortho nitro benzene ring substituents is 1. The molecule has 0 aliphatic carbocycles. The van der Waals surface area contributed by atoms with Gasteiger partial charge in [0.2, 0.25) is 0 Å². The van der Waals surface area contributed by atoms with Gasteiger partial charge in [-0.05, 0) is 35.5 Å². The zero-order valence-corrected chi connectivity index (χ0v) is 13.2. The molecule has 0 saturated carbocycles. The minimum atomic E-state index is -1.56. The Bertz CT molecular complexity index is 978. The second-order valence-electron chi connectivity index (χ2n) is 4.82. The van der Waals surface area contributed by atoms with Gasteiger partial charge in [-0.3, -0.25) is 10.1 Å². The van der Waals surface area contributed by atoms with Crippen LogP contribution < -0.4 is 10.2 Å². The van der Waals surface area contributed by atoms with Crippen LogP contribution in [0.15, 0.2) is 57.0 Å². The third-order valence-electron chi connectivity index (χ3n) is 3.16. The van der Waals surface area contributed by atoms with Crippen molar-refractivity contribution in [1.29, 1.82) is 0 Å². The van der Waals surface area contributed by atoms with Crippen LogP contribution in [0.2, 0.25) is 0 Å². The van der Waals surface area contributed by atoms with Crippen LogP contribution in [0, 0.1) is 10.1 Å². The lowest BCUT2D eigenvalue weighted by atomic mass is 10.1. The molecule has 0 spiro atoms. The quantitative estimate of drug-likeness (QED) is 0.292. The van der Waals surface area contributed by atoms with Gasteiger partial charge in [-0.15, -0.1) is 5.75 Å².